The Morgan fingerprint density at radius 2 is 2.06 bits per heavy atom. The number of fused-ring (bicyclic) bond motifs is 1. The molecule has 17 heavy (non-hydrogen) atoms. The molecule has 0 radical (unpaired) electrons. The van der Waals surface area contributed by atoms with Gasteiger partial charge in [0, 0.05) is 38.1 Å². The molecule has 1 saturated carbocycles. The molecule has 4 heteroatoms. The van der Waals surface area contributed by atoms with Crippen molar-refractivity contribution >= 4 is 0 Å². The van der Waals surface area contributed by atoms with Crippen molar-refractivity contribution in [3.63, 3.8) is 0 Å². The number of nitrogens with one attached hydrogen (secondary N) is 1. The molecule has 3 aliphatic rings. The molecule has 0 bridgehead atoms. The van der Waals surface area contributed by atoms with Gasteiger partial charge in [-0.3, -0.25) is 0 Å². The number of alkyl halides is 1. The summed E-state index contributed by atoms with van der Waals surface area (Å²) in [7, 11) is 0. The molecule has 0 aromatic carbocycles. The lowest BCUT2D eigenvalue weighted by Crippen LogP contribution is -2.40. The molecule has 0 spiro atoms. The van der Waals surface area contributed by atoms with E-state index < -0.39 is 5.67 Å². The van der Waals surface area contributed by atoms with Crippen LogP contribution < -0.4 is 11.1 Å². The van der Waals surface area contributed by atoms with Crippen LogP contribution in [-0.2, 0) is 4.74 Å². The van der Waals surface area contributed by atoms with Crippen molar-refractivity contribution in [1.29, 1.82) is 0 Å². The second kappa shape index (κ2) is 4.48. The largest absolute Gasteiger partial charge is 0.381 e. The average Bonchev–Trinajstić information content (AvgIpc) is 2.81. The van der Waals surface area contributed by atoms with E-state index in [4.69, 9.17) is 10.5 Å². The number of rotatable bonds is 2. The van der Waals surface area contributed by atoms with Gasteiger partial charge in [-0.05, 0) is 37.6 Å². The van der Waals surface area contributed by atoms with E-state index in [1.165, 1.54) is 0 Å². The lowest BCUT2D eigenvalue weighted by molar-refractivity contribution is -0.0197. The summed E-state index contributed by atoms with van der Waals surface area (Å²) in [4.78, 5) is 0. The van der Waals surface area contributed by atoms with Crippen LogP contribution in [0.25, 0.3) is 0 Å². The number of ether oxygens (including phenoxy) is 1. The average molecular weight is 242 g/mol. The predicted octanol–water partition coefficient (Wildman–Crippen LogP) is 1.22. The van der Waals surface area contributed by atoms with Crippen LogP contribution in [-0.4, -0.2) is 37.5 Å². The Hall–Kier alpha value is -0.190. The van der Waals surface area contributed by atoms with Crippen molar-refractivity contribution in [2.24, 2.45) is 17.6 Å². The molecule has 3 N–H and O–H groups in total. The Labute approximate surface area is 102 Å². The molecule has 98 valence electrons. The SMILES string of the molecule is NC1CC2CNC(CC3(F)CCOCC3)C2C1. The van der Waals surface area contributed by atoms with E-state index in [1.807, 2.05) is 0 Å². The van der Waals surface area contributed by atoms with Crippen LogP contribution in [0.2, 0.25) is 0 Å². The molecule has 0 aromatic heterocycles. The van der Waals surface area contributed by atoms with Crippen molar-refractivity contribution in [1.82, 2.24) is 5.32 Å². The molecule has 4 unspecified atom stereocenters. The molecule has 1 aliphatic carbocycles. The fourth-order valence-electron chi connectivity index (χ4n) is 3.94. The molecule has 2 heterocycles. The van der Waals surface area contributed by atoms with E-state index >= 15 is 0 Å². The van der Waals surface area contributed by atoms with Gasteiger partial charge in [-0.25, -0.2) is 4.39 Å². The highest BCUT2D eigenvalue weighted by Gasteiger charge is 2.46. The van der Waals surface area contributed by atoms with Gasteiger partial charge in [0.25, 0.3) is 0 Å². The number of hydrogen-bond acceptors (Lipinski definition) is 3. The monoisotopic (exact) mass is 242 g/mol. The first-order chi connectivity index (χ1) is 8.16. The summed E-state index contributed by atoms with van der Waals surface area (Å²) in [5, 5.41) is 3.52. The Kier molecular flexibility index (Phi) is 3.13. The Bertz CT molecular complexity index is 281. The van der Waals surface area contributed by atoms with Crippen LogP contribution in [0, 0.1) is 11.8 Å². The Morgan fingerprint density at radius 1 is 1.29 bits per heavy atom. The fraction of sp³-hybridized carbons (Fsp3) is 1.00. The quantitative estimate of drug-likeness (QED) is 0.765. The standard InChI is InChI=1S/C13H23FN2O/c14-13(1-3-17-4-2-13)7-12-11-6-10(15)5-9(11)8-16-12/h9-12,16H,1-8,15H2. The first-order valence-corrected chi connectivity index (χ1v) is 6.92. The van der Waals surface area contributed by atoms with Crippen LogP contribution in [0.3, 0.4) is 0 Å². The lowest BCUT2D eigenvalue weighted by Gasteiger charge is -2.33. The molecule has 4 atom stereocenters. The van der Waals surface area contributed by atoms with Gasteiger partial charge in [-0.15, -0.1) is 0 Å². The van der Waals surface area contributed by atoms with Gasteiger partial charge in [-0.2, -0.15) is 0 Å². The smallest absolute Gasteiger partial charge is 0.117 e. The van der Waals surface area contributed by atoms with Gasteiger partial charge in [0.05, 0.1) is 0 Å². The lowest BCUT2D eigenvalue weighted by atomic mass is 9.83. The predicted molar refractivity (Wildman–Crippen MR) is 64.5 cm³/mol. The van der Waals surface area contributed by atoms with Crippen LogP contribution in [0.4, 0.5) is 4.39 Å². The Morgan fingerprint density at radius 3 is 2.82 bits per heavy atom. The van der Waals surface area contributed by atoms with E-state index in [0.29, 0.717) is 56.4 Å². The van der Waals surface area contributed by atoms with E-state index in [-0.39, 0.29) is 0 Å². The van der Waals surface area contributed by atoms with Gasteiger partial charge in [0.2, 0.25) is 0 Å². The third-order valence-corrected chi connectivity index (χ3v) is 4.92. The van der Waals surface area contributed by atoms with Crippen LogP contribution in [0.1, 0.15) is 32.1 Å². The normalized spacial score (nSPS) is 44.8. The fourth-order valence-corrected chi connectivity index (χ4v) is 3.94. The molecule has 0 amide bonds. The molecular weight excluding hydrogens is 219 g/mol. The molecule has 2 saturated heterocycles. The van der Waals surface area contributed by atoms with E-state index in [0.717, 1.165) is 19.4 Å². The van der Waals surface area contributed by atoms with Gasteiger partial charge < -0.3 is 15.8 Å². The summed E-state index contributed by atoms with van der Waals surface area (Å²) in [6, 6.07) is 0.691. The van der Waals surface area contributed by atoms with E-state index in [2.05, 4.69) is 5.32 Å². The van der Waals surface area contributed by atoms with Gasteiger partial charge in [0.15, 0.2) is 0 Å². The summed E-state index contributed by atoms with van der Waals surface area (Å²) in [5.41, 5.74) is 5.01. The van der Waals surface area contributed by atoms with Crippen LogP contribution in [0.5, 0.6) is 0 Å². The van der Waals surface area contributed by atoms with Crippen molar-refractivity contribution < 1.29 is 9.13 Å². The second-order valence-corrected chi connectivity index (χ2v) is 6.14. The van der Waals surface area contributed by atoms with Gasteiger partial charge in [-0.1, -0.05) is 0 Å². The maximum absolute atomic E-state index is 14.6. The second-order valence-electron chi connectivity index (χ2n) is 6.14. The highest BCUT2D eigenvalue weighted by molar-refractivity contribution is 5.01. The topological polar surface area (TPSA) is 47.3 Å². The molecule has 2 aliphatic heterocycles. The number of hydrogen-bond donors (Lipinski definition) is 2. The summed E-state index contributed by atoms with van der Waals surface area (Å²) in [6.07, 6.45) is 3.99. The first kappa shape index (κ1) is 11.9. The minimum Gasteiger partial charge on any atom is -0.381 e. The summed E-state index contributed by atoms with van der Waals surface area (Å²) in [6.45, 7) is 2.20. The van der Waals surface area contributed by atoms with Crippen molar-refractivity contribution in [3.8, 4) is 0 Å². The van der Waals surface area contributed by atoms with Crippen molar-refractivity contribution in [2.45, 2.75) is 49.9 Å². The number of halogens is 1. The zero-order valence-corrected chi connectivity index (χ0v) is 10.3. The van der Waals surface area contributed by atoms with Crippen molar-refractivity contribution in [3.05, 3.63) is 0 Å². The molecule has 3 rings (SSSR count). The molecule has 3 fully saturated rings. The molecular formula is C13H23FN2O. The van der Waals surface area contributed by atoms with Gasteiger partial charge in [0.1, 0.15) is 5.67 Å². The minimum absolute atomic E-state index is 0.344. The summed E-state index contributed by atoms with van der Waals surface area (Å²) >= 11 is 0. The maximum Gasteiger partial charge on any atom is 0.117 e. The zero-order valence-electron chi connectivity index (χ0n) is 10.3. The summed E-state index contributed by atoms with van der Waals surface area (Å²) in [5.74, 6) is 1.30. The van der Waals surface area contributed by atoms with Gasteiger partial charge >= 0.3 is 0 Å². The highest BCUT2D eigenvalue weighted by Crippen LogP contribution is 2.42. The third-order valence-electron chi connectivity index (χ3n) is 4.92. The van der Waals surface area contributed by atoms with Crippen LogP contribution in [0.15, 0.2) is 0 Å². The van der Waals surface area contributed by atoms with Crippen molar-refractivity contribution in [2.75, 3.05) is 19.8 Å². The third kappa shape index (κ3) is 2.35. The molecule has 3 nitrogen and oxygen atoms in total. The maximum atomic E-state index is 14.6. The zero-order chi connectivity index (χ0) is 11.9. The van der Waals surface area contributed by atoms with Crippen LogP contribution >= 0.6 is 0 Å². The molecule has 0 aromatic rings. The Balaban J connectivity index is 1.61. The van der Waals surface area contributed by atoms with E-state index in [1.54, 1.807) is 0 Å². The minimum atomic E-state index is -1.00. The highest BCUT2D eigenvalue weighted by atomic mass is 19.1. The van der Waals surface area contributed by atoms with E-state index in [9.17, 15) is 4.39 Å². The first-order valence-electron chi connectivity index (χ1n) is 6.92. The number of nitrogens with two attached hydrogens (primary N) is 1. The summed E-state index contributed by atoms with van der Waals surface area (Å²) < 4.78 is 19.9.